The fourth-order valence-corrected chi connectivity index (χ4v) is 2.25. The van der Waals surface area contributed by atoms with E-state index < -0.39 is 0 Å². The first-order valence-electron chi connectivity index (χ1n) is 6.53. The van der Waals surface area contributed by atoms with Crippen LogP contribution in [0.3, 0.4) is 0 Å². The monoisotopic (exact) mass is 250 g/mol. The highest BCUT2D eigenvalue weighted by Crippen LogP contribution is 2.35. The molecule has 0 amide bonds. The van der Waals surface area contributed by atoms with Crippen molar-refractivity contribution in [1.82, 2.24) is 0 Å². The SMILES string of the molecule is CC[C@@H](C)C(C)(C)c1ccc(C(C)(C)S)cc1. The summed E-state index contributed by atoms with van der Waals surface area (Å²) >= 11 is 4.61. The largest absolute Gasteiger partial charge is 0.168 e. The Bertz CT molecular complexity index is 354. The van der Waals surface area contributed by atoms with Crippen LogP contribution in [0.5, 0.6) is 0 Å². The highest BCUT2D eigenvalue weighted by molar-refractivity contribution is 7.81. The van der Waals surface area contributed by atoms with Crippen LogP contribution in [0.25, 0.3) is 0 Å². The lowest BCUT2D eigenvalue weighted by Gasteiger charge is -2.32. The first-order valence-corrected chi connectivity index (χ1v) is 6.97. The summed E-state index contributed by atoms with van der Waals surface area (Å²) in [6.07, 6.45) is 1.22. The number of benzene rings is 1. The maximum Gasteiger partial charge on any atom is 0.0322 e. The quantitative estimate of drug-likeness (QED) is 0.700. The zero-order chi connectivity index (χ0) is 13.3. The summed E-state index contributed by atoms with van der Waals surface area (Å²) in [7, 11) is 0. The van der Waals surface area contributed by atoms with Crippen molar-refractivity contribution >= 4 is 12.6 Å². The van der Waals surface area contributed by atoms with Gasteiger partial charge in [0.15, 0.2) is 0 Å². The van der Waals surface area contributed by atoms with Gasteiger partial charge in [-0.15, -0.1) is 0 Å². The van der Waals surface area contributed by atoms with Gasteiger partial charge >= 0.3 is 0 Å². The zero-order valence-electron chi connectivity index (χ0n) is 12.0. The average Bonchev–Trinajstić information content (AvgIpc) is 2.27. The minimum absolute atomic E-state index is 0.0565. The molecular formula is C16H26S. The molecule has 0 aliphatic carbocycles. The molecule has 96 valence electrons. The summed E-state index contributed by atoms with van der Waals surface area (Å²) in [5, 5.41) is 0. The third kappa shape index (κ3) is 3.28. The molecule has 1 aromatic rings. The van der Waals surface area contributed by atoms with E-state index in [9.17, 15) is 0 Å². The van der Waals surface area contributed by atoms with Crippen molar-refractivity contribution in [1.29, 1.82) is 0 Å². The van der Waals surface area contributed by atoms with Crippen LogP contribution in [0.2, 0.25) is 0 Å². The van der Waals surface area contributed by atoms with E-state index in [1.165, 1.54) is 17.5 Å². The van der Waals surface area contributed by atoms with Crippen molar-refractivity contribution < 1.29 is 0 Å². The Morgan fingerprint density at radius 1 is 1.00 bits per heavy atom. The molecule has 17 heavy (non-hydrogen) atoms. The fraction of sp³-hybridized carbons (Fsp3) is 0.625. The van der Waals surface area contributed by atoms with Gasteiger partial charge in [-0.1, -0.05) is 58.4 Å². The molecular weight excluding hydrogens is 224 g/mol. The van der Waals surface area contributed by atoms with Crippen LogP contribution in [0.1, 0.15) is 59.1 Å². The van der Waals surface area contributed by atoms with Crippen LogP contribution in [0.15, 0.2) is 24.3 Å². The zero-order valence-corrected chi connectivity index (χ0v) is 12.9. The van der Waals surface area contributed by atoms with Crippen LogP contribution in [-0.2, 0) is 10.2 Å². The van der Waals surface area contributed by atoms with Gasteiger partial charge in [-0.3, -0.25) is 0 Å². The van der Waals surface area contributed by atoms with Gasteiger partial charge in [0.1, 0.15) is 0 Å². The number of hydrogen-bond acceptors (Lipinski definition) is 1. The average molecular weight is 250 g/mol. The Morgan fingerprint density at radius 3 is 1.76 bits per heavy atom. The third-order valence-corrected chi connectivity index (χ3v) is 4.44. The highest BCUT2D eigenvalue weighted by Gasteiger charge is 2.27. The number of hydrogen-bond donors (Lipinski definition) is 1. The molecule has 0 spiro atoms. The Kier molecular flexibility index (Phi) is 4.35. The molecule has 0 unspecified atom stereocenters. The number of thiol groups is 1. The molecule has 0 aliphatic heterocycles. The first kappa shape index (κ1) is 14.6. The number of rotatable bonds is 4. The van der Waals surface area contributed by atoms with E-state index >= 15 is 0 Å². The van der Waals surface area contributed by atoms with Crippen molar-refractivity contribution in [2.75, 3.05) is 0 Å². The lowest BCUT2D eigenvalue weighted by Crippen LogP contribution is -2.26. The van der Waals surface area contributed by atoms with Gasteiger partial charge in [-0.05, 0) is 36.3 Å². The lowest BCUT2D eigenvalue weighted by molar-refractivity contribution is 0.335. The van der Waals surface area contributed by atoms with Gasteiger partial charge in [0.05, 0.1) is 0 Å². The van der Waals surface area contributed by atoms with Crippen molar-refractivity contribution in [3.05, 3.63) is 35.4 Å². The maximum atomic E-state index is 4.61. The van der Waals surface area contributed by atoms with Crippen LogP contribution >= 0.6 is 12.6 Å². The van der Waals surface area contributed by atoms with Gasteiger partial charge in [0, 0.05) is 4.75 Å². The molecule has 0 saturated carbocycles. The molecule has 0 aromatic heterocycles. The summed E-state index contributed by atoms with van der Waals surface area (Å²) in [5.41, 5.74) is 2.95. The van der Waals surface area contributed by atoms with Crippen molar-refractivity contribution in [3.8, 4) is 0 Å². The maximum absolute atomic E-state index is 4.61. The summed E-state index contributed by atoms with van der Waals surface area (Å²) in [4.78, 5) is 0. The topological polar surface area (TPSA) is 0 Å². The van der Waals surface area contributed by atoms with Gasteiger partial charge in [0.25, 0.3) is 0 Å². The molecule has 0 N–H and O–H groups in total. The predicted octanol–water partition coefficient (Wildman–Crippen LogP) is 5.18. The lowest BCUT2D eigenvalue weighted by atomic mass is 9.73. The van der Waals surface area contributed by atoms with Crippen LogP contribution in [-0.4, -0.2) is 0 Å². The highest BCUT2D eigenvalue weighted by atomic mass is 32.1. The Labute approximate surface area is 112 Å². The van der Waals surface area contributed by atoms with E-state index in [2.05, 4.69) is 78.4 Å². The molecule has 1 atom stereocenters. The van der Waals surface area contributed by atoms with Crippen LogP contribution < -0.4 is 0 Å². The second-order valence-corrected chi connectivity index (χ2v) is 7.29. The van der Waals surface area contributed by atoms with Crippen LogP contribution in [0, 0.1) is 5.92 Å². The summed E-state index contributed by atoms with van der Waals surface area (Å²) in [6, 6.07) is 8.96. The van der Waals surface area contributed by atoms with Crippen molar-refractivity contribution in [2.45, 2.75) is 58.1 Å². The molecule has 1 rings (SSSR count). The van der Waals surface area contributed by atoms with E-state index in [1.807, 2.05) is 0 Å². The second-order valence-electron chi connectivity index (χ2n) is 6.17. The minimum Gasteiger partial charge on any atom is -0.168 e. The summed E-state index contributed by atoms with van der Waals surface area (Å²) < 4.78 is -0.0565. The molecule has 0 fully saturated rings. The molecule has 0 saturated heterocycles. The van der Waals surface area contributed by atoms with Gasteiger partial charge in [-0.2, -0.15) is 12.6 Å². The van der Waals surface area contributed by atoms with Crippen molar-refractivity contribution in [3.63, 3.8) is 0 Å². The van der Waals surface area contributed by atoms with E-state index in [1.54, 1.807) is 0 Å². The van der Waals surface area contributed by atoms with E-state index in [4.69, 9.17) is 0 Å². The van der Waals surface area contributed by atoms with Gasteiger partial charge in [0.2, 0.25) is 0 Å². The van der Waals surface area contributed by atoms with E-state index in [-0.39, 0.29) is 10.2 Å². The molecule has 0 radical (unpaired) electrons. The Hall–Kier alpha value is -0.430. The van der Waals surface area contributed by atoms with Gasteiger partial charge in [-0.25, -0.2) is 0 Å². The van der Waals surface area contributed by atoms with Crippen LogP contribution in [0.4, 0.5) is 0 Å². The third-order valence-electron chi connectivity index (χ3n) is 4.18. The predicted molar refractivity (Wildman–Crippen MR) is 80.9 cm³/mol. The standard InChI is InChI=1S/C16H26S/c1-7-12(2)15(3,4)13-8-10-14(11-9-13)16(5,6)17/h8-12,17H,7H2,1-6H3/t12-/m1/s1. The smallest absolute Gasteiger partial charge is 0.0322 e. The molecule has 0 bridgehead atoms. The molecule has 0 nitrogen and oxygen atoms in total. The normalized spacial score (nSPS) is 14.8. The second kappa shape index (κ2) is 5.06. The fourth-order valence-electron chi connectivity index (χ4n) is 2.10. The minimum atomic E-state index is -0.0565. The van der Waals surface area contributed by atoms with E-state index in [0.29, 0.717) is 5.92 Å². The Morgan fingerprint density at radius 2 is 1.41 bits per heavy atom. The molecule has 1 aromatic carbocycles. The Balaban J connectivity index is 3.03. The first-order chi connectivity index (χ1) is 7.69. The molecule has 0 heterocycles. The molecule has 1 heteroatoms. The summed E-state index contributed by atoms with van der Waals surface area (Å²) in [5.74, 6) is 0.692. The van der Waals surface area contributed by atoms with Crippen molar-refractivity contribution in [2.24, 2.45) is 5.92 Å². The molecule has 0 aliphatic rings. The van der Waals surface area contributed by atoms with Gasteiger partial charge < -0.3 is 0 Å². The summed E-state index contributed by atoms with van der Waals surface area (Å²) in [6.45, 7) is 13.5. The van der Waals surface area contributed by atoms with E-state index in [0.717, 1.165) is 0 Å².